The van der Waals surface area contributed by atoms with Gasteiger partial charge >= 0.3 is 6.18 Å². The van der Waals surface area contributed by atoms with Crippen molar-refractivity contribution in [1.82, 2.24) is 4.90 Å². The molecule has 86 valence electrons. The molecule has 0 aliphatic heterocycles. The molecule has 0 saturated heterocycles. The number of halogens is 3. The van der Waals surface area contributed by atoms with E-state index in [0.29, 0.717) is 13.2 Å². The molecule has 14 heavy (non-hydrogen) atoms. The Kier molecular flexibility index (Phi) is 6.06. The van der Waals surface area contributed by atoms with Crippen molar-refractivity contribution in [3.63, 3.8) is 0 Å². The Bertz CT molecular complexity index is 152. The minimum atomic E-state index is -4.27. The minimum absolute atomic E-state index is 0.231. The Hall–Kier alpha value is -0.330. The van der Waals surface area contributed by atoms with Gasteiger partial charge in [-0.05, 0) is 14.0 Å². The van der Waals surface area contributed by atoms with Gasteiger partial charge in [-0.3, -0.25) is 4.90 Å². The molecule has 0 aliphatic carbocycles. The first-order valence-corrected chi connectivity index (χ1v) is 4.48. The second-order valence-electron chi connectivity index (χ2n) is 2.97. The van der Waals surface area contributed by atoms with Crippen LogP contribution >= 0.6 is 0 Å². The Morgan fingerprint density at radius 2 is 2.00 bits per heavy atom. The van der Waals surface area contributed by atoms with Gasteiger partial charge in [-0.25, -0.2) is 0 Å². The second kappa shape index (κ2) is 6.21. The van der Waals surface area contributed by atoms with Crippen LogP contribution in [0, 0.1) is 0 Å². The molecule has 0 bridgehead atoms. The summed E-state index contributed by atoms with van der Waals surface area (Å²) >= 11 is 0. The summed E-state index contributed by atoms with van der Waals surface area (Å²) in [6.45, 7) is 2.40. The quantitative estimate of drug-likeness (QED) is 0.666. The van der Waals surface area contributed by atoms with Gasteiger partial charge in [-0.2, -0.15) is 13.2 Å². The summed E-state index contributed by atoms with van der Waals surface area (Å²) in [5.74, 6) is 0. The highest BCUT2D eigenvalue weighted by Crippen LogP contribution is 2.22. The highest BCUT2D eigenvalue weighted by molar-refractivity contribution is 4.77. The van der Waals surface area contributed by atoms with Crippen LogP contribution in [0.15, 0.2) is 0 Å². The molecule has 0 aromatic rings. The van der Waals surface area contributed by atoms with Gasteiger partial charge in [0.2, 0.25) is 0 Å². The van der Waals surface area contributed by atoms with E-state index in [1.807, 2.05) is 0 Å². The van der Waals surface area contributed by atoms with Crippen LogP contribution in [0.5, 0.6) is 0 Å². The van der Waals surface area contributed by atoms with Crippen molar-refractivity contribution in [3.05, 3.63) is 0 Å². The third kappa shape index (κ3) is 4.78. The number of likely N-dealkylation sites (N-methyl/N-ethyl adjacent to an activating group) is 1. The molecule has 6 heteroatoms. The lowest BCUT2D eigenvalue weighted by atomic mass is 10.2. The molecule has 0 aromatic carbocycles. The van der Waals surface area contributed by atoms with Gasteiger partial charge in [0.05, 0.1) is 6.61 Å². The SMILES string of the molecule is CCOCCN(C)C(CN)C(F)(F)F. The molecule has 0 aliphatic rings. The van der Waals surface area contributed by atoms with Crippen molar-refractivity contribution < 1.29 is 17.9 Å². The summed E-state index contributed by atoms with van der Waals surface area (Å²) in [6, 6.07) is -1.58. The summed E-state index contributed by atoms with van der Waals surface area (Å²) in [5, 5.41) is 0. The third-order valence-electron chi connectivity index (χ3n) is 1.93. The highest BCUT2D eigenvalue weighted by atomic mass is 19.4. The van der Waals surface area contributed by atoms with Gasteiger partial charge in [0, 0.05) is 19.7 Å². The summed E-state index contributed by atoms with van der Waals surface area (Å²) in [6.07, 6.45) is -4.27. The molecule has 0 heterocycles. The van der Waals surface area contributed by atoms with E-state index in [9.17, 15) is 13.2 Å². The van der Waals surface area contributed by atoms with Crippen molar-refractivity contribution in [1.29, 1.82) is 0 Å². The average molecular weight is 214 g/mol. The first kappa shape index (κ1) is 13.7. The fourth-order valence-electron chi connectivity index (χ4n) is 1.07. The Morgan fingerprint density at radius 1 is 1.43 bits per heavy atom. The van der Waals surface area contributed by atoms with E-state index >= 15 is 0 Å². The monoisotopic (exact) mass is 214 g/mol. The van der Waals surface area contributed by atoms with E-state index in [2.05, 4.69) is 0 Å². The van der Waals surface area contributed by atoms with Gasteiger partial charge < -0.3 is 10.5 Å². The van der Waals surface area contributed by atoms with E-state index in [-0.39, 0.29) is 6.54 Å². The van der Waals surface area contributed by atoms with Crippen LogP contribution in [-0.2, 0) is 4.74 Å². The number of hydrogen-bond acceptors (Lipinski definition) is 3. The number of hydrogen-bond donors (Lipinski definition) is 1. The van der Waals surface area contributed by atoms with Gasteiger partial charge in [0.15, 0.2) is 0 Å². The third-order valence-corrected chi connectivity index (χ3v) is 1.93. The molecule has 1 unspecified atom stereocenters. The molecule has 0 rings (SSSR count). The van der Waals surface area contributed by atoms with Crippen LogP contribution in [0.25, 0.3) is 0 Å². The summed E-state index contributed by atoms with van der Waals surface area (Å²) < 4.78 is 41.9. The predicted octanol–water partition coefficient (Wildman–Crippen LogP) is 0.844. The molecule has 0 spiro atoms. The van der Waals surface area contributed by atoms with Crippen molar-refractivity contribution in [3.8, 4) is 0 Å². The van der Waals surface area contributed by atoms with E-state index in [0.717, 1.165) is 4.90 Å². The van der Waals surface area contributed by atoms with Crippen molar-refractivity contribution in [2.75, 3.05) is 33.4 Å². The summed E-state index contributed by atoms with van der Waals surface area (Å²) in [7, 11) is 1.39. The Morgan fingerprint density at radius 3 is 2.36 bits per heavy atom. The van der Waals surface area contributed by atoms with Crippen LogP contribution in [0.4, 0.5) is 13.2 Å². The molecule has 2 N–H and O–H groups in total. The average Bonchev–Trinajstić information content (AvgIpc) is 2.03. The predicted molar refractivity (Wildman–Crippen MR) is 48.0 cm³/mol. The normalized spacial score (nSPS) is 14.8. The molecule has 3 nitrogen and oxygen atoms in total. The molecular weight excluding hydrogens is 197 g/mol. The maximum Gasteiger partial charge on any atom is 0.405 e. The van der Waals surface area contributed by atoms with E-state index in [1.54, 1.807) is 6.92 Å². The van der Waals surface area contributed by atoms with E-state index in [1.165, 1.54) is 7.05 Å². The van der Waals surface area contributed by atoms with Gasteiger partial charge in [0.1, 0.15) is 6.04 Å². The van der Waals surface area contributed by atoms with Crippen molar-refractivity contribution in [2.45, 2.75) is 19.1 Å². The first-order valence-electron chi connectivity index (χ1n) is 4.48. The minimum Gasteiger partial charge on any atom is -0.380 e. The Labute approximate surface area is 82.0 Å². The number of rotatable bonds is 6. The number of nitrogens with two attached hydrogens (primary N) is 1. The summed E-state index contributed by atoms with van der Waals surface area (Å²) in [4.78, 5) is 1.16. The van der Waals surface area contributed by atoms with E-state index in [4.69, 9.17) is 10.5 Å². The zero-order valence-corrected chi connectivity index (χ0v) is 8.47. The van der Waals surface area contributed by atoms with Crippen molar-refractivity contribution >= 4 is 0 Å². The number of nitrogens with zero attached hydrogens (tertiary/aromatic N) is 1. The first-order chi connectivity index (χ1) is 6.43. The Balaban J connectivity index is 3.98. The zero-order chi connectivity index (χ0) is 11.2. The number of alkyl halides is 3. The molecule has 0 aromatic heterocycles. The van der Waals surface area contributed by atoms with Crippen molar-refractivity contribution in [2.24, 2.45) is 5.73 Å². The fourth-order valence-corrected chi connectivity index (χ4v) is 1.07. The largest absolute Gasteiger partial charge is 0.405 e. The van der Waals surface area contributed by atoms with Crippen LogP contribution < -0.4 is 5.73 Å². The lowest BCUT2D eigenvalue weighted by Crippen LogP contribution is -2.49. The fraction of sp³-hybridized carbons (Fsp3) is 1.00. The van der Waals surface area contributed by atoms with Crippen LogP contribution in [0.2, 0.25) is 0 Å². The second-order valence-corrected chi connectivity index (χ2v) is 2.97. The molecular formula is C8H17F3N2O. The maximum absolute atomic E-state index is 12.3. The smallest absolute Gasteiger partial charge is 0.380 e. The molecule has 1 atom stereocenters. The zero-order valence-electron chi connectivity index (χ0n) is 8.47. The van der Waals surface area contributed by atoms with Crippen LogP contribution in [0.1, 0.15) is 6.92 Å². The summed E-state index contributed by atoms with van der Waals surface area (Å²) in [5.41, 5.74) is 5.06. The molecule has 0 saturated carbocycles. The standard InChI is InChI=1S/C8H17F3N2O/c1-3-14-5-4-13(2)7(6-12)8(9,10)11/h7H,3-6,12H2,1-2H3. The molecule has 0 fully saturated rings. The van der Waals surface area contributed by atoms with E-state index < -0.39 is 18.8 Å². The molecule has 0 amide bonds. The number of ether oxygens (including phenoxy) is 1. The molecule has 0 radical (unpaired) electrons. The lowest BCUT2D eigenvalue weighted by molar-refractivity contribution is -0.178. The topological polar surface area (TPSA) is 38.5 Å². The van der Waals surface area contributed by atoms with Crippen LogP contribution in [0.3, 0.4) is 0 Å². The lowest BCUT2D eigenvalue weighted by Gasteiger charge is -2.28. The maximum atomic E-state index is 12.3. The van der Waals surface area contributed by atoms with Gasteiger partial charge in [-0.1, -0.05) is 0 Å². The van der Waals surface area contributed by atoms with Gasteiger partial charge in [0.25, 0.3) is 0 Å². The highest BCUT2D eigenvalue weighted by Gasteiger charge is 2.40. The van der Waals surface area contributed by atoms with Crippen LogP contribution in [-0.4, -0.2) is 50.5 Å². The van der Waals surface area contributed by atoms with Gasteiger partial charge in [-0.15, -0.1) is 0 Å².